The van der Waals surface area contributed by atoms with Crippen LogP contribution in [0.15, 0.2) is 30.3 Å². The summed E-state index contributed by atoms with van der Waals surface area (Å²) in [6.07, 6.45) is 13.1. The highest BCUT2D eigenvalue weighted by atomic mass is 35.5. The molecule has 0 spiro atoms. The van der Waals surface area contributed by atoms with Crippen molar-refractivity contribution in [3.63, 3.8) is 0 Å². The van der Waals surface area contributed by atoms with Crippen molar-refractivity contribution >= 4 is 30.2 Å². The number of ether oxygens (including phenoxy) is 1. The first-order valence-electron chi connectivity index (χ1n) is 14.4. The molecule has 0 radical (unpaired) electrons. The van der Waals surface area contributed by atoms with Crippen LogP contribution in [-0.2, 0) is 25.7 Å². The van der Waals surface area contributed by atoms with E-state index in [1.54, 1.807) is 4.90 Å². The van der Waals surface area contributed by atoms with Crippen molar-refractivity contribution in [2.75, 3.05) is 6.54 Å². The first-order chi connectivity index (χ1) is 17.9. The van der Waals surface area contributed by atoms with Crippen LogP contribution in [0.25, 0.3) is 0 Å². The van der Waals surface area contributed by atoms with Crippen LogP contribution in [0.2, 0.25) is 0 Å². The van der Waals surface area contributed by atoms with Gasteiger partial charge in [0, 0.05) is 25.4 Å². The molecule has 0 aliphatic rings. The second-order valence-corrected chi connectivity index (χ2v) is 10.1. The van der Waals surface area contributed by atoms with Crippen LogP contribution >= 0.6 is 12.4 Å². The number of esters is 1. The van der Waals surface area contributed by atoms with Gasteiger partial charge in [-0.1, -0.05) is 102 Å². The number of amides is 2. The molecular formula is C30H52ClN3O4. The number of hydrogen-bond donors (Lipinski definition) is 2. The SMILES string of the molecule is CCCCCCCCC[C@@H](CC(N)=O)N(CCCCC)C(=O)[C@@H](N)CCCC(=O)OCc1ccccc1.Cl. The lowest BCUT2D eigenvalue weighted by Gasteiger charge is -2.33. The van der Waals surface area contributed by atoms with Crippen LogP contribution in [0.5, 0.6) is 0 Å². The average Bonchev–Trinajstić information content (AvgIpc) is 2.89. The van der Waals surface area contributed by atoms with Crippen LogP contribution in [0.4, 0.5) is 0 Å². The van der Waals surface area contributed by atoms with Crippen molar-refractivity contribution in [2.24, 2.45) is 11.5 Å². The van der Waals surface area contributed by atoms with E-state index < -0.39 is 11.9 Å². The summed E-state index contributed by atoms with van der Waals surface area (Å²) in [6.45, 7) is 5.15. The van der Waals surface area contributed by atoms with E-state index in [9.17, 15) is 14.4 Å². The number of primary amides is 1. The first-order valence-corrected chi connectivity index (χ1v) is 14.4. The standard InChI is InChI=1S/C30H51N3O4.ClH/c1-3-5-7-8-9-10-14-19-26(23-28(32)34)33(22-15-6-4-2)30(36)27(31)20-16-21-29(35)37-24-25-17-12-11-13-18-25;/h11-13,17-18,26-27H,3-10,14-16,19-24,31H2,1-2H3,(H2,32,34);1H/t26-,27-;/m0./s1. The largest absolute Gasteiger partial charge is 0.461 e. The van der Waals surface area contributed by atoms with E-state index in [4.69, 9.17) is 16.2 Å². The average molecular weight is 554 g/mol. The van der Waals surface area contributed by atoms with Gasteiger partial charge in [0.2, 0.25) is 11.8 Å². The molecular weight excluding hydrogens is 502 g/mol. The topological polar surface area (TPSA) is 116 Å². The van der Waals surface area contributed by atoms with Crippen molar-refractivity contribution in [3.8, 4) is 0 Å². The lowest BCUT2D eigenvalue weighted by atomic mass is 9.99. The summed E-state index contributed by atoms with van der Waals surface area (Å²) in [4.78, 5) is 39.2. The Kier molecular flexibility index (Phi) is 21.6. The maximum atomic E-state index is 13.4. The fraction of sp³-hybridized carbons (Fsp3) is 0.700. The Morgan fingerprint density at radius 3 is 2.08 bits per heavy atom. The molecule has 38 heavy (non-hydrogen) atoms. The highest BCUT2D eigenvalue weighted by molar-refractivity contribution is 5.85. The Labute approximate surface area is 236 Å². The predicted molar refractivity (Wildman–Crippen MR) is 157 cm³/mol. The van der Waals surface area contributed by atoms with Crippen molar-refractivity contribution in [3.05, 3.63) is 35.9 Å². The molecule has 2 atom stereocenters. The van der Waals surface area contributed by atoms with Gasteiger partial charge in [0.15, 0.2) is 0 Å². The number of hydrogen-bond acceptors (Lipinski definition) is 5. The predicted octanol–water partition coefficient (Wildman–Crippen LogP) is 6.05. The molecule has 0 saturated carbocycles. The van der Waals surface area contributed by atoms with Gasteiger partial charge in [0.05, 0.1) is 6.04 Å². The zero-order chi connectivity index (χ0) is 27.3. The van der Waals surface area contributed by atoms with Crippen LogP contribution in [0, 0.1) is 0 Å². The number of nitrogens with two attached hydrogens (primary N) is 2. The monoisotopic (exact) mass is 553 g/mol. The highest BCUT2D eigenvalue weighted by Crippen LogP contribution is 2.19. The van der Waals surface area contributed by atoms with Gasteiger partial charge in [-0.15, -0.1) is 12.4 Å². The molecule has 0 aromatic heterocycles. The maximum absolute atomic E-state index is 13.4. The minimum atomic E-state index is -0.715. The third kappa shape index (κ3) is 16.7. The molecule has 7 nitrogen and oxygen atoms in total. The minimum Gasteiger partial charge on any atom is -0.461 e. The minimum absolute atomic E-state index is 0. The van der Waals surface area contributed by atoms with E-state index in [1.165, 1.54) is 32.1 Å². The van der Waals surface area contributed by atoms with E-state index in [1.807, 2.05) is 30.3 Å². The van der Waals surface area contributed by atoms with Gasteiger partial charge in [-0.3, -0.25) is 14.4 Å². The first kappa shape index (κ1) is 35.9. The number of carbonyl (C=O) groups is 3. The Bertz CT molecular complexity index is 763. The van der Waals surface area contributed by atoms with Gasteiger partial charge in [0.1, 0.15) is 6.61 Å². The van der Waals surface area contributed by atoms with Crippen LogP contribution in [0.1, 0.15) is 116 Å². The third-order valence-corrected chi connectivity index (χ3v) is 6.76. The molecule has 218 valence electrons. The van der Waals surface area contributed by atoms with Gasteiger partial charge in [-0.2, -0.15) is 0 Å². The summed E-state index contributed by atoms with van der Waals surface area (Å²) in [7, 11) is 0. The van der Waals surface area contributed by atoms with Crippen LogP contribution in [-0.4, -0.2) is 41.3 Å². The molecule has 0 bridgehead atoms. The summed E-state index contributed by atoms with van der Waals surface area (Å²) in [5, 5.41) is 0. The van der Waals surface area contributed by atoms with Crippen molar-refractivity contribution in [2.45, 2.75) is 129 Å². The van der Waals surface area contributed by atoms with E-state index >= 15 is 0 Å². The van der Waals surface area contributed by atoms with Gasteiger partial charge in [-0.05, 0) is 31.2 Å². The van der Waals surface area contributed by atoms with Gasteiger partial charge < -0.3 is 21.1 Å². The molecule has 4 N–H and O–H groups in total. The molecule has 0 aliphatic heterocycles. The van der Waals surface area contributed by atoms with E-state index in [0.29, 0.717) is 19.4 Å². The lowest BCUT2D eigenvalue weighted by molar-refractivity contribution is -0.145. The zero-order valence-electron chi connectivity index (χ0n) is 23.7. The van der Waals surface area contributed by atoms with Gasteiger partial charge >= 0.3 is 5.97 Å². The number of carbonyl (C=O) groups excluding carboxylic acids is 3. The molecule has 1 aromatic rings. The van der Waals surface area contributed by atoms with Crippen molar-refractivity contribution in [1.29, 1.82) is 0 Å². The van der Waals surface area contributed by atoms with Crippen LogP contribution in [0.3, 0.4) is 0 Å². The number of benzene rings is 1. The maximum Gasteiger partial charge on any atom is 0.306 e. The number of halogens is 1. The molecule has 0 aliphatic carbocycles. The molecule has 2 amide bonds. The molecule has 1 aromatic carbocycles. The van der Waals surface area contributed by atoms with E-state index in [2.05, 4.69) is 13.8 Å². The Balaban J connectivity index is 0.0000137. The lowest BCUT2D eigenvalue weighted by Crippen LogP contribution is -2.50. The van der Waals surface area contributed by atoms with Crippen molar-refractivity contribution < 1.29 is 19.1 Å². The summed E-state index contributed by atoms with van der Waals surface area (Å²) in [5.74, 6) is -0.840. The highest BCUT2D eigenvalue weighted by Gasteiger charge is 2.28. The van der Waals surface area contributed by atoms with Gasteiger partial charge in [0.25, 0.3) is 0 Å². The molecule has 0 fully saturated rings. The molecule has 0 heterocycles. The smallest absolute Gasteiger partial charge is 0.306 e. The quantitative estimate of drug-likeness (QED) is 0.134. The molecule has 0 unspecified atom stereocenters. The summed E-state index contributed by atoms with van der Waals surface area (Å²) < 4.78 is 5.32. The van der Waals surface area contributed by atoms with E-state index in [-0.39, 0.29) is 49.8 Å². The Morgan fingerprint density at radius 2 is 1.45 bits per heavy atom. The van der Waals surface area contributed by atoms with Gasteiger partial charge in [-0.25, -0.2) is 0 Å². The number of unbranched alkanes of at least 4 members (excludes halogenated alkanes) is 8. The van der Waals surface area contributed by atoms with Crippen LogP contribution < -0.4 is 11.5 Å². The zero-order valence-corrected chi connectivity index (χ0v) is 24.5. The summed E-state index contributed by atoms with van der Waals surface area (Å²) in [6, 6.07) is 8.59. The fourth-order valence-electron chi connectivity index (χ4n) is 4.56. The molecule has 0 saturated heterocycles. The Hall–Kier alpha value is -2.12. The summed E-state index contributed by atoms with van der Waals surface area (Å²) >= 11 is 0. The molecule has 1 rings (SSSR count). The number of rotatable bonds is 22. The normalized spacial score (nSPS) is 12.3. The fourth-order valence-corrected chi connectivity index (χ4v) is 4.56. The van der Waals surface area contributed by atoms with Crippen molar-refractivity contribution in [1.82, 2.24) is 4.90 Å². The second-order valence-electron chi connectivity index (χ2n) is 10.1. The number of nitrogens with zero attached hydrogens (tertiary/aromatic N) is 1. The van der Waals surface area contributed by atoms with E-state index in [0.717, 1.165) is 44.1 Å². The summed E-state index contributed by atoms with van der Waals surface area (Å²) in [5.41, 5.74) is 12.8. The third-order valence-electron chi connectivity index (χ3n) is 6.76. The second kappa shape index (κ2) is 22.8. The Morgan fingerprint density at radius 1 is 0.842 bits per heavy atom. The molecule has 8 heteroatoms.